The Kier molecular flexibility index (Phi) is 37.3. The first kappa shape index (κ1) is 52.5. The summed E-state index contributed by atoms with van der Waals surface area (Å²) in [6, 6.07) is -1.54. The second-order valence-electron chi connectivity index (χ2n) is 15.3. The fraction of sp³-hybridized carbons (Fsp3) is 0.929. The van der Waals surface area contributed by atoms with Gasteiger partial charge in [0.25, 0.3) is 0 Å². The number of rotatable bonds is 42. The minimum atomic E-state index is -4.75. The number of hydrogen-bond acceptors (Lipinski definition) is 8. The number of carbonyl (C=O) groups excluding carboxylic acids is 2. The molecule has 0 aromatic carbocycles. The lowest BCUT2D eigenvalue weighted by Crippen LogP contribution is -2.43. The molecule has 54 heavy (non-hydrogen) atoms. The van der Waals surface area contributed by atoms with E-state index < -0.39 is 57.6 Å². The molecule has 3 atom stereocenters. The lowest BCUT2D eigenvalue weighted by molar-refractivity contribution is -0.147. The number of esters is 1. The number of carboxylic acid groups (broad SMARTS) is 1. The summed E-state index contributed by atoms with van der Waals surface area (Å²) in [6.07, 6.45) is 35.5. The van der Waals surface area contributed by atoms with E-state index in [-0.39, 0.29) is 12.8 Å². The van der Waals surface area contributed by atoms with E-state index in [1.807, 2.05) is 0 Å². The van der Waals surface area contributed by atoms with Crippen molar-refractivity contribution in [2.45, 2.75) is 231 Å². The number of unbranched alkanes of at least 4 members (excludes halogenated alkanes) is 28. The first-order chi connectivity index (χ1) is 26.1. The molecule has 0 aliphatic carbocycles. The molecule has 0 aliphatic rings. The van der Waals surface area contributed by atoms with E-state index in [0.29, 0.717) is 12.8 Å². The molecule has 11 nitrogen and oxygen atoms in total. The number of aliphatic hydroxyl groups is 1. The van der Waals surface area contributed by atoms with Crippen LogP contribution in [0.4, 0.5) is 0 Å². The highest BCUT2D eigenvalue weighted by Crippen LogP contribution is 2.43. The fourth-order valence-electron chi connectivity index (χ4n) is 6.43. The summed E-state index contributed by atoms with van der Waals surface area (Å²) >= 11 is 0. The Balaban J connectivity index is 3.87. The van der Waals surface area contributed by atoms with E-state index in [1.54, 1.807) is 0 Å². The van der Waals surface area contributed by atoms with Crippen molar-refractivity contribution >= 4 is 25.7 Å². The van der Waals surface area contributed by atoms with Crippen LogP contribution in [-0.2, 0) is 32.7 Å². The molecule has 0 fully saturated rings. The molecule has 0 heterocycles. The third-order valence-electron chi connectivity index (χ3n) is 9.90. The standard InChI is InChI=1S/C42H82NO10P/c1-3-5-7-9-11-13-15-17-19-21-23-25-27-29-31-33-40(45)43-39(42(47)48)37-53-54(49,50)52-36-38(44)35-51-41(46)34-32-30-28-26-24-22-20-18-16-14-12-10-8-6-4-2/h38-39,44H,3-37H2,1-2H3,(H,43,45)(H,47,48)(H,49,50). The lowest BCUT2D eigenvalue weighted by atomic mass is 10.0. The normalized spacial score (nSPS) is 13.7. The van der Waals surface area contributed by atoms with Gasteiger partial charge in [0.2, 0.25) is 5.91 Å². The zero-order chi connectivity index (χ0) is 40.0. The van der Waals surface area contributed by atoms with Crippen LogP contribution in [0, 0.1) is 0 Å². The van der Waals surface area contributed by atoms with Crippen LogP contribution in [0.5, 0.6) is 0 Å². The van der Waals surface area contributed by atoms with Crippen molar-refractivity contribution in [2.24, 2.45) is 0 Å². The van der Waals surface area contributed by atoms with Crippen molar-refractivity contribution in [3.63, 3.8) is 0 Å². The Hall–Kier alpha value is -1.52. The largest absolute Gasteiger partial charge is 0.480 e. The number of nitrogens with one attached hydrogen (secondary N) is 1. The minimum absolute atomic E-state index is 0.152. The Morgan fingerprint density at radius 1 is 0.519 bits per heavy atom. The van der Waals surface area contributed by atoms with Crippen molar-refractivity contribution in [3.05, 3.63) is 0 Å². The van der Waals surface area contributed by atoms with Gasteiger partial charge in [-0.25, -0.2) is 9.36 Å². The average Bonchev–Trinajstić information content (AvgIpc) is 3.14. The van der Waals surface area contributed by atoms with E-state index in [0.717, 1.165) is 38.5 Å². The Labute approximate surface area is 329 Å². The van der Waals surface area contributed by atoms with Crippen molar-refractivity contribution < 1.29 is 47.8 Å². The second-order valence-corrected chi connectivity index (χ2v) is 16.7. The maximum Gasteiger partial charge on any atom is 0.472 e. The summed E-state index contributed by atoms with van der Waals surface area (Å²) in [6.45, 7) is 2.62. The topological polar surface area (TPSA) is 169 Å². The Morgan fingerprint density at radius 2 is 0.852 bits per heavy atom. The number of amides is 1. The van der Waals surface area contributed by atoms with Gasteiger partial charge in [-0.05, 0) is 12.8 Å². The monoisotopic (exact) mass is 792 g/mol. The van der Waals surface area contributed by atoms with Gasteiger partial charge in [-0.1, -0.05) is 194 Å². The van der Waals surface area contributed by atoms with Crippen molar-refractivity contribution in [2.75, 3.05) is 19.8 Å². The van der Waals surface area contributed by atoms with Gasteiger partial charge in [-0.2, -0.15) is 0 Å². The molecule has 0 aromatic rings. The number of phosphoric ester groups is 1. The van der Waals surface area contributed by atoms with Crippen LogP contribution in [0.15, 0.2) is 0 Å². The third kappa shape index (κ3) is 37.4. The van der Waals surface area contributed by atoms with E-state index in [9.17, 15) is 34.1 Å². The summed E-state index contributed by atoms with van der Waals surface area (Å²) in [7, 11) is -4.75. The predicted octanol–water partition coefficient (Wildman–Crippen LogP) is 11.1. The highest BCUT2D eigenvalue weighted by molar-refractivity contribution is 7.47. The van der Waals surface area contributed by atoms with Gasteiger partial charge in [0.05, 0.1) is 13.2 Å². The molecule has 0 spiro atoms. The highest BCUT2D eigenvalue weighted by Gasteiger charge is 2.28. The van der Waals surface area contributed by atoms with Crippen LogP contribution < -0.4 is 5.32 Å². The van der Waals surface area contributed by atoms with Crippen LogP contribution in [0.3, 0.4) is 0 Å². The summed E-state index contributed by atoms with van der Waals surface area (Å²) in [5.74, 6) is -2.35. The Bertz CT molecular complexity index is 937. The summed E-state index contributed by atoms with van der Waals surface area (Å²) < 4.78 is 26.8. The van der Waals surface area contributed by atoms with Crippen LogP contribution in [0.1, 0.15) is 219 Å². The van der Waals surface area contributed by atoms with Crippen LogP contribution in [0.25, 0.3) is 0 Å². The number of carboxylic acids is 1. The van der Waals surface area contributed by atoms with Gasteiger partial charge in [0.1, 0.15) is 12.7 Å². The summed E-state index contributed by atoms with van der Waals surface area (Å²) in [4.78, 5) is 45.9. The number of aliphatic hydroxyl groups excluding tert-OH is 1. The number of ether oxygens (including phenoxy) is 1. The van der Waals surface area contributed by atoms with E-state index in [4.69, 9.17) is 13.8 Å². The number of aliphatic carboxylic acids is 1. The van der Waals surface area contributed by atoms with Crippen molar-refractivity contribution in [3.8, 4) is 0 Å². The third-order valence-corrected chi connectivity index (χ3v) is 10.8. The van der Waals surface area contributed by atoms with E-state index >= 15 is 0 Å². The quantitative estimate of drug-likeness (QED) is 0.0265. The maximum atomic E-state index is 12.3. The molecular weight excluding hydrogens is 709 g/mol. The maximum absolute atomic E-state index is 12.3. The smallest absolute Gasteiger partial charge is 0.472 e. The van der Waals surface area contributed by atoms with Gasteiger partial charge < -0.3 is 25.2 Å². The highest BCUT2D eigenvalue weighted by atomic mass is 31.2. The minimum Gasteiger partial charge on any atom is -0.480 e. The fourth-order valence-corrected chi connectivity index (χ4v) is 7.21. The van der Waals surface area contributed by atoms with Gasteiger partial charge in [0.15, 0.2) is 6.04 Å². The molecular formula is C42H82NO10P. The number of hydrogen-bond donors (Lipinski definition) is 4. The lowest BCUT2D eigenvalue weighted by Gasteiger charge is -2.18. The van der Waals surface area contributed by atoms with Crippen LogP contribution >= 0.6 is 7.82 Å². The molecule has 4 N–H and O–H groups in total. The average molecular weight is 792 g/mol. The molecule has 0 rings (SSSR count). The first-order valence-electron chi connectivity index (χ1n) is 22.1. The van der Waals surface area contributed by atoms with E-state index in [2.05, 4.69) is 19.2 Å². The molecule has 320 valence electrons. The van der Waals surface area contributed by atoms with Crippen molar-refractivity contribution in [1.29, 1.82) is 0 Å². The zero-order valence-corrected chi connectivity index (χ0v) is 35.4. The van der Waals surface area contributed by atoms with Gasteiger partial charge in [-0.3, -0.25) is 18.6 Å². The second kappa shape index (κ2) is 38.4. The number of phosphoric acid groups is 1. The van der Waals surface area contributed by atoms with Gasteiger partial charge >= 0.3 is 19.8 Å². The van der Waals surface area contributed by atoms with Crippen LogP contribution in [0.2, 0.25) is 0 Å². The molecule has 0 radical (unpaired) electrons. The van der Waals surface area contributed by atoms with Crippen LogP contribution in [-0.4, -0.2) is 64.9 Å². The van der Waals surface area contributed by atoms with Gasteiger partial charge in [-0.15, -0.1) is 0 Å². The van der Waals surface area contributed by atoms with E-state index in [1.165, 1.54) is 141 Å². The molecule has 0 bridgehead atoms. The molecule has 0 saturated carbocycles. The molecule has 0 saturated heterocycles. The van der Waals surface area contributed by atoms with Gasteiger partial charge in [0, 0.05) is 12.8 Å². The molecule has 12 heteroatoms. The molecule has 0 aliphatic heterocycles. The first-order valence-corrected chi connectivity index (χ1v) is 23.6. The Morgan fingerprint density at radius 3 is 1.22 bits per heavy atom. The van der Waals surface area contributed by atoms with Crippen molar-refractivity contribution in [1.82, 2.24) is 5.32 Å². The zero-order valence-electron chi connectivity index (χ0n) is 34.6. The summed E-state index contributed by atoms with van der Waals surface area (Å²) in [5, 5.41) is 21.8. The molecule has 1 amide bonds. The molecule has 3 unspecified atom stereocenters. The SMILES string of the molecule is CCCCCCCCCCCCCCCCCC(=O)NC(COP(=O)(O)OCC(O)COC(=O)CCCCCCCCCCCCCCCCC)C(=O)O. The predicted molar refractivity (Wildman–Crippen MR) is 217 cm³/mol. The summed E-state index contributed by atoms with van der Waals surface area (Å²) in [5.41, 5.74) is 0. The number of carbonyl (C=O) groups is 3. The molecule has 0 aromatic heterocycles.